The predicted molar refractivity (Wildman–Crippen MR) is 72.3 cm³/mol. The number of carboxylic acid groups (broad SMARTS) is 1. The summed E-state index contributed by atoms with van der Waals surface area (Å²) in [4.78, 5) is 10.9. The van der Waals surface area contributed by atoms with E-state index < -0.39 is 11.8 Å². The second-order valence-electron chi connectivity index (χ2n) is 3.78. The molecule has 20 heavy (non-hydrogen) atoms. The molecule has 6 heteroatoms. The average Bonchev–Trinajstić information content (AvgIpc) is 2.41. The van der Waals surface area contributed by atoms with Gasteiger partial charge in [0.15, 0.2) is 0 Å². The summed E-state index contributed by atoms with van der Waals surface area (Å²) in [7, 11) is 0. The van der Waals surface area contributed by atoms with Crippen LogP contribution in [0.2, 0.25) is 0 Å². The van der Waals surface area contributed by atoms with Crippen molar-refractivity contribution in [2.75, 3.05) is 0 Å². The molecule has 0 radical (unpaired) electrons. The van der Waals surface area contributed by atoms with Crippen LogP contribution in [0.15, 0.2) is 40.9 Å². The topological polar surface area (TPSA) is 70.3 Å². The van der Waals surface area contributed by atoms with E-state index in [0.717, 1.165) is 6.07 Å². The van der Waals surface area contributed by atoms with Crippen LogP contribution in [0.25, 0.3) is 0 Å². The molecule has 0 saturated carbocycles. The Morgan fingerprint density at radius 3 is 2.70 bits per heavy atom. The fourth-order valence-electron chi connectivity index (χ4n) is 1.53. The van der Waals surface area contributed by atoms with Crippen molar-refractivity contribution in [1.82, 2.24) is 0 Å². The molecule has 100 valence electrons. The first-order valence-electron chi connectivity index (χ1n) is 5.42. The number of carboxylic acids is 1. The molecule has 2 rings (SSSR count). The summed E-state index contributed by atoms with van der Waals surface area (Å²) in [6.07, 6.45) is 0. The average molecular weight is 336 g/mol. The van der Waals surface area contributed by atoms with E-state index in [1.54, 1.807) is 6.07 Å². The van der Waals surface area contributed by atoms with Gasteiger partial charge in [0.2, 0.25) is 0 Å². The van der Waals surface area contributed by atoms with Crippen LogP contribution in [0.3, 0.4) is 0 Å². The summed E-state index contributed by atoms with van der Waals surface area (Å²) < 4.78 is 19.4. The van der Waals surface area contributed by atoms with Gasteiger partial charge in [0.1, 0.15) is 28.9 Å². The number of aromatic carboxylic acids is 1. The lowest BCUT2D eigenvalue weighted by Crippen LogP contribution is -1.98. The van der Waals surface area contributed by atoms with E-state index in [9.17, 15) is 9.18 Å². The molecule has 2 aromatic rings. The van der Waals surface area contributed by atoms with Crippen molar-refractivity contribution in [3.05, 3.63) is 57.8 Å². The van der Waals surface area contributed by atoms with Crippen molar-refractivity contribution in [1.29, 1.82) is 5.26 Å². The summed E-state index contributed by atoms with van der Waals surface area (Å²) >= 11 is 3.21. The molecule has 0 saturated heterocycles. The number of hydrogen-bond acceptors (Lipinski definition) is 3. The third-order valence-corrected chi connectivity index (χ3v) is 3.14. The molecule has 0 fully saturated rings. The molecule has 4 nitrogen and oxygen atoms in total. The lowest BCUT2D eigenvalue weighted by molar-refractivity contribution is 0.0696. The quantitative estimate of drug-likeness (QED) is 0.921. The number of benzene rings is 2. The van der Waals surface area contributed by atoms with Gasteiger partial charge < -0.3 is 9.84 Å². The smallest absolute Gasteiger partial charge is 0.335 e. The van der Waals surface area contributed by atoms with Crippen molar-refractivity contribution in [2.45, 2.75) is 0 Å². The second-order valence-corrected chi connectivity index (χ2v) is 4.63. The highest BCUT2D eigenvalue weighted by Crippen LogP contribution is 2.32. The van der Waals surface area contributed by atoms with E-state index in [1.807, 2.05) is 0 Å². The van der Waals surface area contributed by atoms with Crippen molar-refractivity contribution >= 4 is 21.9 Å². The van der Waals surface area contributed by atoms with Crippen LogP contribution in [-0.2, 0) is 0 Å². The standard InChI is InChI=1S/C14H7BrFNO3/c15-10-5-4-8(14(18)19)6-13(10)20-12-3-1-2-11(16)9(12)7-17/h1-6H,(H,18,19). The molecule has 0 unspecified atom stereocenters. The fraction of sp³-hybridized carbons (Fsp3) is 0. The molecule has 0 heterocycles. The van der Waals surface area contributed by atoms with Crippen LogP contribution in [0.4, 0.5) is 4.39 Å². The van der Waals surface area contributed by atoms with Gasteiger partial charge in [-0.1, -0.05) is 6.07 Å². The normalized spacial score (nSPS) is 9.85. The molecule has 0 spiro atoms. The van der Waals surface area contributed by atoms with E-state index in [0.29, 0.717) is 4.47 Å². The number of hydrogen-bond donors (Lipinski definition) is 1. The van der Waals surface area contributed by atoms with E-state index in [1.165, 1.54) is 30.3 Å². The number of halogens is 2. The minimum Gasteiger partial charge on any atom is -0.478 e. The Morgan fingerprint density at radius 2 is 2.05 bits per heavy atom. The SMILES string of the molecule is N#Cc1c(F)cccc1Oc1cc(C(=O)O)ccc1Br. The first-order chi connectivity index (χ1) is 9.52. The van der Waals surface area contributed by atoms with Crippen molar-refractivity contribution in [3.63, 3.8) is 0 Å². The molecule has 0 aliphatic rings. The minimum atomic E-state index is -1.11. The van der Waals surface area contributed by atoms with E-state index >= 15 is 0 Å². The number of nitrogens with zero attached hydrogens (tertiary/aromatic N) is 1. The van der Waals surface area contributed by atoms with Crippen LogP contribution in [0.1, 0.15) is 15.9 Å². The Labute approximate surface area is 122 Å². The Bertz CT molecular complexity index is 725. The van der Waals surface area contributed by atoms with Gasteiger partial charge in [-0.2, -0.15) is 5.26 Å². The summed E-state index contributed by atoms with van der Waals surface area (Å²) in [5, 5.41) is 17.8. The zero-order valence-corrected chi connectivity index (χ0v) is 11.5. The van der Waals surface area contributed by atoms with Gasteiger partial charge in [-0.15, -0.1) is 0 Å². The highest BCUT2D eigenvalue weighted by atomic mass is 79.9. The van der Waals surface area contributed by atoms with Gasteiger partial charge in [0, 0.05) is 0 Å². The Balaban J connectivity index is 2.45. The van der Waals surface area contributed by atoms with Gasteiger partial charge in [-0.05, 0) is 46.3 Å². The first-order valence-corrected chi connectivity index (χ1v) is 6.21. The Morgan fingerprint density at radius 1 is 1.30 bits per heavy atom. The molecule has 0 aliphatic heterocycles. The van der Waals surface area contributed by atoms with E-state index in [2.05, 4.69) is 15.9 Å². The van der Waals surface area contributed by atoms with Crippen molar-refractivity contribution < 1.29 is 19.0 Å². The van der Waals surface area contributed by atoms with Gasteiger partial charge in [-0.25, -0.2) is 9.18 Å². The lowest BCUT2D eigenvalue weighted by Gasteiger charge is -2.10. The van der Waals surface area contributed by atoms with E-state index in [4.69, 9.17) is 15.1 Å². The van der Waals surface area contributed by atoms with Gasteiger partial charge in [-0.3, -0.25) is 0 Å². The maximum Gasteiger partial charge on any atom is 0.335 e. The highest BCUT2D eigenvalue weighted by molar-refractivity contribution is 9.10. The van der Waals surface area contributed by atoms with Gasteiger partial charge in [0.05, 0.1) is 10.0 Å². The van der Waals surface area contributed by atoms with Crippen LogP contribution in [-0.4, -0.2) is 11.1 Å². The van der Waals surface area contributed by atoms with Crippen molar-refractivity contribution in [3.8, 4) is 17.6 Å². The maximum absolute atomic E-state index is 13.5. The molecule has 0 amide bonds. The second kappa shape index (κ2) is 5.72. The van der Waals surface area contributed by atoms with Crippen LogP contribution < -0.4 is 4.74 Å². The van der Waals surface area contributed by atoms with Crippen LogP contribution in [0.5, 0.6) is 11.5 Å². The maximum atomic E-state index is 13.5. The number of rotatable bonds is 3. The first kappa shape index (κ1) is 14.0. The number of carbonyl (C=O) groups is 1. The molecule has 0 atom stereocenters. The Kier molecular flexibility index (Phi) is 4.01. The zero-order valence-electron chi connectivity index (χ0n) is 9.93. The number of ether oxygens (including phenoxy) is 1. The monoisotopic (exact) mass is 335 g/mol. The molecule has 0 aromatic heterocycles. The van der Waals surface area contributed by atoms with Gasteiger partial charge in [0.25, 0.3) is 0 Å². The largest absolute Gasteiger partial charge is 0.478 e. The fourth-order valence-corrected chi connectivity index (χ4v) is 1.86. The summed E-state index contributed by atoms with van der Waals surface area (Å²) in [5.74, 6) is -1.60. The van der Waals surface area contributed by atoms with Crippen LogP contribution >= 0.6 is 15.9 Å². The molecule has 0 aliphatic carbocycles. The van der Waals surface area contributed by atoms with Crippen molar-refractivity contribution in [2.24, 2.45) is 0 Å². The zero-order chi connectivity index (χ0) is 14.7. The van der Waals surface area contributed by atoms with Gasteiger partial charge >= 0.3 is 5.97 Å². The van der Waals surface area contributed by atoms with Crippen LogP contribution in [0, 0.1) is 17.1 Å². The minimum absolute atomic E-state index is 0.0238. The highest BCUT2D eigenvalue weighted by Gasteiger charge is 2.13. The Hall–Kier alpha value is -2.39. The lowest BCUT2D eigenvalue weighted by atomic mass is 10.2. The summed E-state index contributed by atoms with van der Waals surface area (Å²) in [6, 6.07) is 9.88. The third-order valence-electron chi connectivity index (χ3n) is 2.49. The molecular weight excluding hydrogens is 329 g/mol. The molecular formula is C14H7BrFNO3. The summed E-state index contributed by atoms with van der Waals surface area (Å²) in [6.45, 7) is 0. The predicted octanol–water partition coefficient (Wildman–Crippen LogP) is 3.95. The molecule has 2 aromatic carbocycles. The third kappa shape index (κ3) is 2.78. The molecule has 1 N–H and O–H groups in total. The summed E-state index contributed by atoms with van der Waals surface area (Å²) in [5.41, 5.74) is -0.210. The molecule has 0 bridgehead atoms. The number of nitriles is 1. The van der Waals surface area contributed by atoms with E-state index in [-0.39, 0.29) is 22.6 Å².